The van der Waals surface area contributed by atoms with Crippen LogP contribution in [-0.4, -0.2) is 15.3 Å². The number of hydrogen-bond donors (Lipinski definition) is 1. The minimum absolute atomic E-state index is 0.343. The van der Waals surface area contributed by atoms with Crippen LogP contribution in [0.15, 0.2) is 22.8 Å². The van der Waals surface area contributed by atoms with Gasteiger partial charge in [-0.15, -0.1) is 0 Å². The van der Waals surface area contributed by atoms with Gasteiger partial charge in [0.1, 0.15) is 5.76 Å². The topological polar surface area (TPSA) is 33.4 Å². The minimum Gasteiger partial charge on any atom is -0.467 e. The lowest BCUT2D eigenvalue weighted by Gasteiger charge is -1.94. The van der Waals surface area contributed by atoms with Crippen molar-refractivity contribution in [2.24, 2.45) is 0 Å². The monoisotopic (exact) mass is 128 g/mol. The normalized spacial score (nSPS) is 14.1. The quantitative estimate of drug-likeness (QED) is 0.524. The van der Waals surface area contributed by atoms with Crippen LogP contribution in [0.5, 0.6) is 0 Å². The Bertz CT molecular complexity index is 145. The Balaban J connectivity index is 2.77. The van der Waals surface area contributed by atoms with E-state index in [0.717, 1.165) is 10.2 Å². The van der Waals surface area contributed by atoms with E-state index in [1.54, 1.807) is 18.4 Å². The third-order valence-corrected chi connectivity index (χ3v) is 1.52. The molecule has 0 fully saturated rings. The Morgan fingerprint density at radius 3 is 2.75 bits per heavy atom. The molecule has 44 valence electrons. The Hall–Kier alpha value is -0.543. The second kappa shape index (κ2) is 2.15. The Labute approximate surface area is 50.6 Å². The van der Waals surface area contributed by atoms with Gasteiger partial charge in [-0.3, -0.25) is 0 Å². The smallest absolute Gasteiger partial charge is 0.127 e. The Morgan fingerprint density at radius 2 is 2.50 bits per heavy atom. The molecule has 0 radical (unpaired) electrons. The minimum atomic E-state index is -0.343. The number of hydrogen-bond acceptors (Lipinski definition) is 2. The molecule has 1 atom stereocenters. The maximum Gasteiger partial charge on any atom is 0.127 e. The number of furan rings is 1. The van der Waals surface area contributed by atoms with Crippen molar-refractivity contribution in [3.8, 4) is 0 Å². The molecule has 2 nitrogen and oxygen atoms in total. The van der Waals surface area contributed by atoms with Crippen LogP contribution in [0.4, 0.5) is 0 Å². The lowest BCUT2D eigenvalue weighted by molar-refractivity contribution is 0.228. The summed E-state index contributed by atoms with van der Waals surface area (Å²) in [5, 5.41) is 8.88. The van der Waals surface area contributed by atoms with Crippen LogP contribution in [0.1, 0.15) is 11.5 Å². The average molecular weight is 128 g/mol. The summed E-state index contributed by atoms with van der Waals surface area (Å²) < 4.78 is 4.88. The highest BCUT2D eigenvalue weighted by Crippen LogP contribution is 2.07. The van der Waals surface area contributed by atoms with Crippen molar-refractivity contribution >= 4 is 10.2 Å². The van der Waals surface area contributed by atoms with Gasteiger partial charge in [-0.2, -0.15) is 0 Å². The predicted molar refractivity (Wildman–Crippen MR) is 33.6 cm³/mol. The van der Waals surface area contributed by atoms with E-state index in [2.05, 4.69) is 0 Å². The van der Waals surface area contributed by atoms with Gasteiger partial charge in [0.25, 0.3) is 0 Å². The average Bonchev–Trinajstić information content (AvgIpc) is 2.12. The first-order valence-electron chi connectivity index (χ1n) is 2.52. The van der Waals surface area contributed by atoms with Crippen LogP contribution in [-0.2, 0) is 0 Å². The molecule has 0 saturated carbocycles. The molecule has 0 saturated heterocycles. The number of rotatable bonds is 1. The van der Waals surface area contributed by atoms with Gasteiger partial charge in [-0.1, -0.05) is 0 Å². The fourth-order valence-corrected chi connectivity index (χ4v) is 0.858. The molecule has 8 heavy (non-hydrogen) atoms. The molecule has 1 N–H and O–H groups in total. The maximum absolute atomic E-state index is 8.88. The molecular weight excluding hydrogens is 120 g/mol. The van der Waals surface area contributed by atoms with Gasteiger partial charge in [0.05, 0.1) is 12.0 Å². The fraction of sp³-hybridized carbons (Fsp3) is 0.200. The molecule has 1 aromatic rings. The third-order valence-electron chi connectivity index (χ3n) is 0.955. The molecule has 1 unspecified atom stereocenters. The summed E-state index contributed by atoms with van der Waals surface area (Å²) in [6.45, 7) is 0. The molecule has 0 bridgehead atoms. The maximum atomic E-state index is 8.88. The SMILES string of the molecule is OC([SiH3])c1ccco1. The highest BCUT2D eigenvalue weighted by Gasteiger charge is 1.99. The fourth-order valence-electron chi connectivity index (χ4n) is 0.529. The van der Waals surface area contributed by atoms with Gasteiger partial charge in [-0.05, 0) is 12.1 Å². The van der Waals surface area contributed by atoms with E-state index in [9.17, 15) is 0 Å². The van der Waals surface area contributed by atoms with E-state index in [1.807, 2.05) is 0 Å². The second-order valence-electron chi connectivity index (χ2n) is 1.69. The van der Waals surface area contributed by atoms with E-state index in [0.29, 0.717) is 5.76 Å². The summed E-state index contributed by atoms with van der Waals surface area (Å²) in [6.07, 6.45) is 1.57. The summed E-state index contributed by atoms with van der Waals surface area (Å²) in [6, 6.07) is 3.55. The van der Waals surface area contributed by atoms with Gasteiger partial charge < -0.3 is 9.52 Å². The van der Waals surface area contributed by atoms with Crippen molar-refractivity contribution in [2.45, 2.75) is 5.73 Å². The third kappa shape index (κ3) is 0.991. The lowest BCUT2D eigenvalue weighted by atomic mass is 10.5. The lowest BCUT2D eigenvalue weighted by Crippen LogP contribution is -1.91. The zero-order valence-electron chi connectivity index (χ0n) is 4.66. The predicted octanol–water partition coefficient (Wildman–Crippen LogP) is -0.364. The van der Waals surface area contributed by atoms with Gasteiger partial charge in [0.15, 0.2) is 0 Å². The first-order valence-corrected chi connectivity index (χ1v) is 3.67. The standard InChI is InChI=1S/C5H8O2Si/c6-5(8)4-2-1-3-7-4/h1-3,5-6H,8H3. The van der Waals surface area contributed by atoms with Crippen molar-refractivity contribution in [3.05, 3.63) is 24.2 Å². The molecule has 0 aliphatic carbocycles. The van der Waals surface area contributed by atoms with Crippen molar-refractivity contribution < 1.29 is 9.52 Å². The van der Waals surface area contributed by atoms with Crippen LogP contribution in [0, 0.1) is 0 Å². The molecule has 1 aromatic heterocycles. The zero-order valence-corrected chi connectivity index (χ0v) is 6.66. The van der Waals surface area contributed by atoms with Crippen molar-refractivity contribution in [1.82, 2.24) is 0 Å². The molecule has 1 rings (SSSR count). The van der Waals surface area contributed by atoms with Crippen molar-refractivity contribution in [2.75, 3.05) is 0 Å². The molecule has 0 aromatic carbocycles. The second-order valence-corrected chi connectivity index (χ2v) is 2.79. The van der Waals surface area contributed by atoms with Gasteiger partial charge in [0.2, 0.25) is 0 Å². The summed E-state index contributed by atoms with van der Waals surface area (Å²) in [7, 11) is 0.734. The van der Waals surface area contributed by atoms with Crippen molar-refractivity contribution in [3.63, 3.8) is 0 Å². The summed E-state index contributed by atoms with van der Waals surface area (Å²) in [5.41, 5.74) is -0.343. The number of aliphatic hydroxyl groups excluding tert-OH is 1. The summed E-state index contributed by atoms with van der Waals surface area (Å²) in [5.74, 6) is 0.677. The van der Waals surface area contributed by atoms with E-state index < -0.39 is 0 Å². The molecule has 0 aliphatic rings. The van der Waals surface area contributed by atoms with Crippen molar-refractivity contribution in [1.29, 1.82) is 0 Å². The van der Waals surface area contributed by atoms with Gasteiger partial charge >= 0.3 is 0 Å². The highest BCUT2D eigenvalue weighted by molar-refractivity contribution is 6.10. The van der Waals surface area contributed by atoms with Crippen LogP contribution in [0.25, 0.3) is 0 Å². The zero-order chi connectivity index (χ0) is 5.98. The van der Waals surface area contributed by atoms with E-state index in [4.69, 9.17) is 9.52 Å². The van der Waals surface area contributed by atoms with Crippen LogP contribution >= 0.6 is 0 Å². The highest BCUT2D eigenvalue weighted by atomic mass is 28.1. The van der Waals surface area contributed by atoms with E-state index in [1.165, 1.54) is 0 Å². The molecule has 0 amide bonds. The van der Waals surface area contributed by atoms with E-state index >= 15 is 0 Å². The molecule has 0 spiro atoms. The first kappa shape index (κ1) is 5.59. The molecule has 3 heteroatoms. The summed E-state index contributed by atoms with van der Waals surface area (Å²) >= 11 is 0. The van der Waals surface area contributed by atoms with Gasteiger partial charge in [-0.25, -0.2) is 0 Å². The summed E-state index contributed by atoms with van der Waals surface area (Å²) in [4.78, 5) is 0. The first-order chi connectivity index (χ1) is 3.80. The van der Waals surface area contributed by atoms with Crippen LogP contribution in [0.2, 0.25) is 0 Å². The molecular formula is C5H8O2Si. The largest absolute Gasteiger partial charge is 0.467 e. The Kier molecular flexibility index (Phi) is 1.50. The van der Waals surface area contributed by atoms with Crippen LogP contribution < -0.4 is 0 Å². The van der Waals surface area contributed by atoms with Crippen LogP contribution in [0.3, 0.4) is 0 Å². The van der Waals surface area contributed by atoms with Gasteiger partial charge in [0, 0.05) is 10.2 Å². The Morgan fingerprint density at radius 1 is 1.75 bits per heavy atom. The molecule has 0 aliphatic heterocycles. The molecule has 1 heterocycles. The van der Waals surface area contributed by atoms with E-state index in [-0.39, 0.29) is 5.73 Å². The number of aliphatic hydroxyl groups is 1.